The molecule has 0 bridgehead atoms. The fraction of sp³-hybridized carbons (Fsp3) is 0.192. The molecule has 174 valence electrons. The zero-order valence-corrected chi connectivity index (χ0v) is 19.2. The minimum Gasteiger partial charge on any atom is -0.497 e. The number of methoxy groups -OCH3 is 1. The van der Waals surface area contributed by atoms with Gasteiger partial charge in [0.25, 0.3) is 10.0 Å². The van der Waals surface area contributed by atoms with E-state index in [-0.39, 0.29) is 28.3 Å². The van der Waals surface area contributed by atoms with Gasteiger partial charge in [0.2, 0.25) is 0 Å². The van der Waals surface area contributed by atoms with Crippen molar-refractivity contribution in [2.75, 3.05) is 17.1 Å². The second-order valence-electron chi connectivity index (χ2n) is 8.49. The minimum absolute atomic E-state index is 0.0796. The molecule has 0 fully saturated rings. The summed E-state index contributed by atoms with van der Waals surface area (Å²) in [7, 11) is -2.20. The Kier molecular flexibility index (Phi) is 5.53. The van der Waals surface area contributed by atoms with E-state index in [9.17, 15) is 13.2 Å². The number of carboxylic acid groups (broad SMARTS) is 1. The molecule has 7 nitrogen and oxygen atoms in total. The van der Waals surface area contributed by atoms with E-state index >= 15 is 0 Å². The van der Waals surface area contributed by atoms with Crippen molar-refractivity contribution in [3.63, 3.8) is 0 Å². The average molecular weight is 477 g/mol. The van der Waals surface area contributed by atoms with E-state index in [4.69, 9.17) is 9.84 Å². The normalized spacial score (nSPS) is 20.7. The molecular formula is C26H24N2O5S. The maximum absolute atomic E-state index is 13.1. The van der Waals surface area contributed by atoms with Crippen LogP contribution >= 0.6 is 0 Å². The molecule has 0 radical (unpaired) electrons. The van der Waals surface area contributed by atoms with Gasteiger partial charge in [-0.1, -0.05) is 24.3 Å². The van der Waals surface area contributed by atoms with Crippen molar-refractivity contribution in [1.29, 1.82) is 0 Å². The lowest BCUT2D eigenvalue weighted by Crippen LogP contribution is -2.29. The van der Waals surface area contributed by atoms with E-state index in [1.54, 1.807) is 19.2 Å². The van der Waals surface area contributed by atoms with Crippen LogP contribution in [0.3, 0.4) is 0 Å². The van der Waals surface area contributed by atoms with Crippen LogP contribution in [-0.4, -0.2) is 26.6 Å². The highest BCUT2D eigenvalue weighted by Crippen LogP contribution is 2.50. The number of benzene rings is 3. The van der Waals surface area contributed by atoms with E-state index < -0.39 is 16.0 Å². The van der Waals surface area contributed by atoms with E-state index in [1.165, 1.54) is 24.3 Å². The van der Waals surface area contributed by atoms with E-state index in [2.05, 4.69) is 28.3 Å². The topological polar surface area (TPSA) is 105 Å². The predicted molar refractivity (Wildman–Crippen MR) is 130 cm³/mol. The van der Waals surface area contributed by atoms with E-state index in [0.29, 0.717) is 5.69 Å². The van der Waals surface area contributed by atoms with Crippen molar-refractivity contribution in [3.05, 3.63) is 95.6 Å². The molecule has 0 spiro atoms. The average Bonchev–Trinajstić information content (AvgIpc) is 3.34. The molecule has 0 unspecified atom stereocenters. The lowest BCUT2D eigenvalue weighted by Gasteiger charge is -2.37. The summed E-state index contributed by atoms with van der Waals surface area (Å²) in [5.41, 5.74) is 3.38. The molecule has 0 saturated heterocycles. The lowest BCUT2D eigenvalue weighted by atomic mass is 9.77. The number of allylic oxidation sites excluding steroid dienone is 2. The van der Waals surface area contributed by atoms with Gasteiger partial charge in [-0.05, 0) is 78.1 Å². The van der Waals surface area contributed by atoms with Crippen molar-refractivity contribution in [1.82, 2.24) is 0 Å². The molecular weight excluding hydrogens is 452 g/mol. The summed E-state index contributed by atoms with van der Waals surface area (Å²) in [5, 5.41) is 12.6. The molecule has 0 saturated carbocycles. The Balaban J connectivity index is 1.45. The first-order valence-electron chi connectivity index (χ1n) is 10.9. The first-order chi connectivity index (χ1) is 16.4. The second-order valence-corrected chi connectivity index (χ2v) is 10.2. The van der Waals surface area contributed by atoms with E-state index in [0.717, 1.165) is 29.0 Å². The molecule has 3 atom stereocenters. The third kappa shape index (κ3) is 4.01. The quantitative estimate of drug-likeness (QED) is 0.432. The first kappa shape index (κ1) is 22.0. The number of hydrogen-bond acceptors (Lipinski definition) is 5. The highest BCUT2D eigenvalue weighted by molar-refractivity contribution is 7.92. The van der Waals surface area contributed by atoms with Gasteiger partial charge in [-0.3, -0.25) is 4.72 Å². The largest absolute Gasteiger partial charge is 0.497 e. The SMILES string of the molecule is COc1cccc([C@H]2Nc3ccc(S(=O)(=O)Nc4ccc(C(=O)O)cc4)cc3[C@H]3C=CC[C@H]32)c1. The van der Waals surface area contributed by atoms with Crippen LogP contribution in [0.4, 0.5) is 11.4 Å². The number of anilines is 2. The van der Waals surface area contributed by atoms with Gasteiger partial charge in [-0.15, -0.1) is 0 Å². The van der Waals surface area contributed by atoms with Crippen LogP contribution in [-0.2, 0) is 10.0 Å². The standard InChI is InChI=1S/C26H24N2O5S/c1-33-19-5-2-4-17(14-19)25-22-7-3-6-21(22)23-15-20(12-13-24(23)27-25)34(31,32)28-18-10-8-16(9-11-18)26(29)30/h2-6,8-15,21-22,25,27-28H,7H2,1H3,(H,29,30)/t21-,22+,25+/m0/s1. The summed E-state index contributed by atoms with van der Waals surface area (Å²) in [4.78, 5) is 11.2. The number of aromatic carboxylic acids is 1. The molecule has 3 aromatic carbocycles. The van der Waals surface area contributed by atoms with Gasteiger partial charge in [0.05, 0.1) is 23.6 Å². The monoisotopic (exact) mass is 476 g/mol. The molecule has 3 N–H and O–H groups in total. The van der Waals surface area contributed by atoms with Gasteiger partial charge in [0.1, 0.15) is 5.75 Å². The molecule has 3 aromatic rings. The number of sulfonamides is 1. The van der Waals surface area contributed by atoms with Gasteiger partial charge < -0.3 is 15.2 Å². The first-order valence-corrected chi connectivity index (χ1v) is 12.4. The minimum atomic E-state index is -3.85. The molecule has 8 heteroatoms. The van der Waals surface area contributed by atoms with Crippen LogP contribution in [0.25, 0.3) is 0 Å². The van der Waals surface area contributed by atoms with Crippen molar-refractivity contribution in [2.45, 2.75) is 23.3 Å². The van der Waals surface area contributed by atoms with Crippen molar-refractivity contribution in [2.24, 2.45) is 5.92 Å². The zero-order valence-electron chi connectivity index (χ0n) is 18.4. The Hall–Kier alpha value is -3.78. The van der Waals surface area contributed by atoms with Crippen LogP contribution in [0.15, 0.2) is 83.8 Å². The molecule has 2 aliphatic rings. The van der Waals surface area contributed by atoms with Gasteiger partial charge >= 0.3 is 5.97 Å². The number of fused-ring (bicyclic) bond motifs is 3. The number of nitrogens with one attached hydrogen (secondary N) is 2. The molecule has 0 aromatic heterocycles. The van der Waals surface area contributed by atoms with Crippen LogP contribution in [0.5, 0.6) is 5.75 Å². The Morgan fingerprint density at radius 2 is 1.88 bits per heavy atom. The van der Waals surface area contributed by atoms with Crippen molar-refractivity contribution in [3.8, 4) is 5.75 Å². The molecule has 5 rings (SSSR count). The molecule has 34 heavy (non-hydrogen) atoms. The molecule has 0 amide bonds. The number of rotatable bonds is 6. The van der Waals surface area contributed by atoms with Gasteiger partial charge in [0, 0.05) is 17.3 Å². The van der Waals surface area contributed by atoms with E-state index in [1.807, 2.05) is 24.3 Å². The fourth-order valence-corrected chi connectivity index (χ4v) is 5.89. The molecule has 1 heterocycles. The van der Waals surface area contributed by atoms with Gasteiger partial charge in [-0.25, -0.2) is 13.2 Å². The fourth-order valence-electron chi connectivity index (χ4n) is 4.80. The predicted octanol–water partition coefficient (Wildman–Crippen LogP) is 5.02. The summed E-state index contributed by atoms with van der Waals surface area (Å²) in [6, 6.07) is 18.8. The van der Waals surface area contributed by atoms with Crippen LogP contribution < -0.4 is 14.8 Å². The Labute approximate surface area is 198 Å². The summed E-state index contributed by atoms with van der Waals surface area (Å²) >= 11 is 0. The number of ether oxygens (including phenoxy) is 1. The summed E-state index contributed by atoms with van der Waals surface area (Å²) in [6.07, 6.45) is 5.21. The summed E-state index contributed by atoms with van der Waals surface area (Å²) in [6.45, 7) is 0. The van der Waals surface area contributed by atoms with Crippen LogP contribution in [0.2, 0.25) is 0 Å². The van der Waals surface area contributed by atoms with Crippen LogP contribution in [0.1, 0.15) is 39.9 Å². The third-order valence-corrected chi connectivity index (χ3v) is 7.86. The Bertz CT molecular complexity index is 1380. The number of carboxylic acids is 1. The van der Waals surface area contributed by atoms with Crippen LogP contribution in [0, 0.1) is 5.92 Å². The molecule has 1 aliphatic carbocycles. The highest BCUT2D eigenvalue weighted by Gasteiger charge is 2.38. The maximum Gasteiger partial charge on any atom is 0.335 e. The van der Waals surface area contributed by atoms with Gasteiger partial charge in [0.15, 0.2) is 0 Å². The van der Waals surface area contributed by atoms with Gasteiger partial charge in [-0.2, -0.15) is 0 Å². The third-order valence-electron chi connectivity index (χ3n) is 6.48. The second kappa shape index (κ2) is 8.53. The summed E-state index contributed by atoms with van der Waals surface area (Å²) in [5.74, 6) is 0.0889. The molecule has 1 aliphatic heterocycles. The summed E-state index contributed by atoms with van der Waals surface area (Å²) < 4.78 is 34.1. The number of hydrogen-bond donors (Lipinski definition) is 3. The smallest absolute Gasteiger partial charge is 0.335 e. The number of carbonyl (C=O) groups is 1. The van der Waals surface area contributed by atoms with Crippen molar-refractivity contribution < 1.29 is 23.1 Å². The maximum atomic E-state index is 13.1. The van der Waals surface area contributed by atoms with Crippen molar-refractivity contribution >= 4 is 27.4 Å². The lowest BCUT2D eigenvalue weighted by molar-refractivity contribution is 0.0697. The Morgan fingerprint density at radius 3 is 2.62 bits per heavy atom. The highest BCUT2D eigenvalue weighted by atomic mass is 32.2. The zero-order chi connectivity index (χ0) is 23.9. The Morgan fingerprint density at radius 1 is 1.09 bits per heavy atom.